The molecular formula is C25H26N4O3S2. The third-order valence-corrected chi connectivity index (χ3v) is 9.45. The molecule has 5 rings (SSSR count). The lowest BCUT2D eigenvalue weighted by Crippen LogP contribution is -2.45. The zero-order chi connectivity index (χ0) is 23.5. The highest BCUT2D eigenvalue weighted by molar-refractivity contribution is 7.91. The van der Waals surface area contributed by atoms with Crippen LogP contribution in [0.2, 0.25) is 0 Å². The van der Waals surface area contributed by atoms with Gasteiger partial charge in [-0.15, -0.1) is 11.3 Å². The van der Waals surface area contributed by atoms with E-state index in [0.717, 1.165) is 28.7 Å². The molecule has 7 nitrogen and oxygen atoms in total. The Hall–Kier alpha value is -3.01. The number of imidazole rings is 1. The number of hydrogen-bond donors (Lipinski definition) is 1. The monoisotopic (exact) mass is 494 g/mol. The summed E-state index contributed by atoms with van der Waals surface area (Å²) in [6, 6.07) is 19.6. The third-order valence-electron chi connectivity index (χ3n) is 6.21. The number of para-hydroxylation sites is 2. The van der Waals surface area contributed by atoms with Crippen molar-refractivity contribution in [1.29, 1.82) is 0 Å². The van der Waals surface area contributed by atoms with E-state index in [-0.39, 0.29) is 18.4 Å². The van der Waals surface area contributed by atoms with E-state index < -0.39 is 10.0 Å². The molecule has 0 radical (unpaired) electrons. The van der Waals surface area contributed by atoms with E-state index in [9.17, 15) is 13.2 Å². The van der Waals surface area contributed by atoms with Gasteiger partial charge in [0.1, 0.15) is 4.21 Å². The number of thiophene rings is 1. The molecule has 176 valence electrons. The van der Waals surface area contributed by atoms with Crippen LogP contribution < -0.4 is 5.32 Å². The fraction of sp³-hybridized carbons (Fsp3) is 0.280. The summed E-state index contributed by atoms with van der Waals surface area (Å²) in [5.74, 6) is -0.433. The van der Waals surface area contributed by atoms with Crippen molar-refractivity contribution in [1.82, 2.24) is 19.2 Å². The van der Waals surface area contributed by atoms with Crippen LogP contribution in [0.1, 0.15) is 24.0 Å². The number of fused-ring (bicyclic) bond motifs is 1. The number of hydrogen-bond acceptors (Lipinski definition) is 5. The third kappa shape index (κ3) is 4.77. The summed E-state index contributed by atoms with van der Waals surface area (Å²) in [6.07, 6.45) is 3.23. The molecule has 3 heterocycles. The predicted molar refractivity (Wildman–Crippen MR) is 133 cm³/mol. The van der Waals surface area contributed by atoms with Crippen LogP contribution in [0.5, 0.6) is 0 Å². The van der Waals surface area contributed by atoms with Crippen molar-refractivity contribution in [2.24, 2.45) is 5.92 Å². The molecule has 1 N–H and O–H groups in total. The van der Waals surface area contributed by atoms with Gasteiger partial charge in [0.2, 0.25) is 5.91 Å². The van der Waals surface area contributed by atoms with E-state index in [1.807, 2.05) is 36.7 Å². The molecule has 0 spiro atoms. The molecule has 1 fully saturated rings. The van der Waals surface area contributed by atoms with E-state index in [4.69, 9.17) is 0 Å². The smallest absolute Gasteiger partial charge is 0.252 e. The number of benzene rings is 2. The number of amides is 1. The zero-order valence-electron chi connectivity index (χ0n) is 18.6. The minimum absolute atomic E-state index is 0.0972. The zero-order valence-corrected chi connectivity index (χ0v) is 20.3. The number of carbonyl (C=O) groups is 1. The van der Waals surface area contributed by atoms with Gasteiger partial charge in [0.05, 0.1) is 23.3 Å². The fourth-order valence-corrected chi connectivity index (χ4v) is 7.01. The molecular weight excluding hydrogens is 468 g/mol. The Morgan fingerprint density at radius 3 is 2.65 bits per heavy atom. The Kier molecular flexibility index (Phi) is 6.49. The molecule has 1 atom stereocenters. The summed E-state index contributed by atoms with van der Waals surface area (Å²) in [6.45, 7) is 1.83. The lowest BCUT2D eigenvalue weighted by atomic mass is 9.98. The first-order valence-corrected chi connectivity index (χ1v) is 13.6. The lowest BCUT2D eigenvalue weighted by Gasteiger charge is -2.30. The highest BCUT2D eigenvalue weighted by atomic mass is 32.2. The number of carbonyl (C=O) groups excluding carboxylic acids is 1. The van der Waals surface area contributed by atoms with Crippen LogP contribution in [0.4, 0.5) is 0 Å². The first-order chi connectivity index (χ1) is 16.5. The Bertz CT molecular complexity index is 1380. The Balaban J connectivity index is 1.17. The average Bonchev–Trinajstić information content (AvgIpc) is 3.55. The fourth-order valence-electron chi connectivity index (χ4n) is 4.34. The number of nitrogens with one attached hydrogen (secondary N) is 1. The first-order valence-electron chi connectivity index (χ1n) is 11.3. The van der Waals surface area contributed by atoms with Gasteiger partial charge in [0.25, 0.3) is 10.0 Å². The van der Waals surface area contributed by atoms with E-state index in [1.165, 1.54) is 15.6 Å². The van der Waals surface area contributed by atoms with Gasteiger partial charge < -0.3 is 9.88 Å². The molecule has 2 aromatic heterocycles. The lowest BCUT2D eigenvalue weighted by molar-refractivity contribution is -0.126. The highest BCUT2D eigenvalue weighted by Crippen LogP contribution is 2.26. The molecule has 0 bridgehead atoms. The van der Waals surface area contributed by atoms with Gasteiger partial charge >= 0.3 is 0 Å². The Morgan fingerprint density at radius 1 is 1.06 bits per heavy atom. The van der Waals surface area contributed by atoms with Crippen molar-refractivity contribution in [2.45, 2.75) is 30.1 Å². The van der Waals surface area contributed by atoms with Crippen LogP contribution in [0, 0.1) is 5.92 Å². The minimum Gasteiger partial charge on any atom is -0.352 e. The molecule has 0 saturated carbocycles. The van der Waals surface area contributed by atoms with Crippen LogP contribution in [0.3, 0.4) is 0 Å². The van der Waals surface area contributed by atoms with Crippen LogP contribution in [0.25, 0.3) is 11.0 Å². The minimum atomic E-state index is -3.53. The molecule has 9 heteroatoms. The van der Waals surface area contributed by atoms with Crippen molar-refractivity contribution < 1.29 is 13.2 Å². The largest absolute Gasteiger partial charge is 0.352 e. The van der Waals surface area contributed by atoms with Crippen molar-refractivity contribution in [3.05, 3.63) is 83.5 Å². The molecule has 1 aliphatic rings. The number of rotatable bonds is 7. The normalized spacial score (nSPS) is 17.1. The van der Waals surface area contributed by atoms with Gasteiger partial charge in [-0.05, 0) is 47.5 Å². The van der Waals surface area contributed by atoms with Crippen molar-refractivity contribution >= 4 is 38.3 Å². The van der Waals surface area contributed by atoms with Gasteiger partial charge in [-0.25, -0.2) is 13.4 Å². The molecule has 34 heavy (non-hydrogen) atoms. The van der Waals surface area contributed by atoms with Crippen LogP contribution >= 0.6 is 11.3 Å². The summed E-state index contributed by atoms with van der Waals surface area (Å²) < 4.78 is 29.5. The Labute approximate surface area is 203 Å². The van der Waals surface area contributed by atoms with Crippen LogP contribution in [0.15, 0.2) is 76.6 Å². The maximum absolute atomic E-state index is 12.8. The van der Waals surface area contributed by atoms with E-state index in [2.05, 4.69) is 33.1 Å². The quantitative estimate of drug-likeness (QED) is 0.423. The number of sulfonamides is 1. The number of piperidine rings is 1. The maximum Gasteiger partial charge on any atom is 0.252 e. The number of nitrogens with zero attached hydrogens (tertiary/aromatic N) is 3. The maximum atomic E-state index is 12.8. The van der Waals surface area contributed by atoms with Gasteiger partial charge in [-0.1, -0.05) is 42.5 Å². The van der Waals surface area contributed by atoms with E-state index in [1.54, 1.807) is 17.5 Å². The summed E-state index contributed by atoms with van der Waals surface area (Å²) in [7, 11) is -3.53. The molecule has 1 unspecified atom stereocenters. The number of aromatic nitrogens is 2. The second kappa shape index (κ2) is 9.69. The summed E-state index contributed by atoms with van der Waals surface area (Å²) in [5, 5.41) is 4.75. The topological polar surface area (TPSA) is 84.3 Å². The van der Waals surface area contributed by atoms with Crippen molar-refractivity contribution in [2.75, 3.05) is 13.1 Å². The van der Waals surface area contributed by atoms with E-state index in [0.29, 0.717) is 30.1 Å². The average molecular weight is 495 g/mol. The van der Waals surface area contributed by atoms with Gasteiger partial charge in [-0.2, -0.15) is 4.31 Å². The van der Waals surface area contributed by atoms with Crippen molar-refractivity contribution in [3.8, 4) is 0 Å². The molecule has 1 amide bonds. The first kappa shape index (κ1) is 22.8. The highest BCUT2D eigenvalue weighted by Gasteiger charge is 2.33. The second-order valence-corrected chi connectivity index (χ2v) is 11.6. The molecule has 4 aromatic rings. The molecule has 1 aliphatic heterocycles. The predicted octanol–water partition coefficient (Wildman–Crippen LogP) is 3.86. The summed E-state index contributed by atoms with van der Waals surface area (Å²) >= 11 is 1.21. The summed E-state index contributed by atoms with van der Waals surface area (Å²) in [5.41, 5.74) is 4.24. The van der Waals surface area contributed by atoms with Gasteiger partial charge in [0, 0.05) is 26.2 Å². The van der Waals surface area contributed by atoms with Crippen LogP contribution in [-0.4, -0.2) is 41.3 Å². The Morgan fingerprint density at radius 2 is 1.85 bits per heavy atom. The molecule has 1 saturated heterocycles. The summed E-state index contributed by atoms with van der Waals surface area (Å²) in [4.78, 5) is 17.2. The molecule has 2 aromatic carbocycles. The molecule has 0 aliphatic carbocycles. The van der Waals surface area contributed by atoms with Gasteiger partial charge in [-0.3, -0.25) is 4.79 Å². The second-order valence-electron chi connectivity index (χ2n) is 8.53. The van der Waals surface area contributed by atoms with Crippen LogP contribution in [-0.2, 0) is 27.9 Å². The standard InChI is InChI=1S/C25H26N4O3S2/c30-25(21-5-3-13-29(17-21)34(31,32)24-8-4-14-33-24)26-15-19-9-11-20(12-10-19)16-28-18-27-22-6-1-2-7-23(22)28/h1-2,4,6-12,14,18,21H,3,5,13,15-17H2,(H,26,30). The van der Waals surface area contributed by atoms with Crippen molar-refractivity contribution in [3.63, 3.8) is 0 Å². The van der Waals surface area contributed by atoms with Gasteiger partial charge in [0.15, 0.2) is 0 Å². The SMILES string of the molecule is O=C(NCc1ccc(Cn2cnc3ccccc32)cc1)C1CCCN(S(=O)(=O)c2cccs2)C1. The van der Waals surface area contributed by atoms with E-state index >= 15 is 0 Å².